The van der Waals surface area contributed by atoms with E-state index in [2.05, 4.69) is 5.10 Å². The van der Waals surface area contributed by atoms with E-state index in [1.165, 1.54) is 4.68 Å². The number of benzene rings is 1. The van der Waals surface area contributed by atoms with Crippen molar-refractivity contribution in [3.05, 3.63) is 44.6 Å². The molecule has 1 unspecified atom stereocenters. The van der Waals surface area contributed by atoms with Crippen molar-refractivity contribution in [1.82, 2.24) is 19.2 Å². The number of likely N-dealkylation sites (tertiary alicyclic amines) is 1. The van der Waals surface area contributed by atoms with Gasteiger partial charge in [-0.25, -0.2) is 9.48 Å². The Kier molecular flexibility index (Phi) is 6.35. The van der Waals surface area contributed by atoms with E-state index in [9.17, 15) is 9.59 Å². The molecule has 0 aliphatic carbocycles. The van der Waals surface area contributed by atoms with Gasteiger partial charge in [-0.2, -0.15) is 5.10 Å². The zero-order valence-electron chi connectivity index (χ0n) is 16.2. The van der Waals surface area contributed by atoms with Crippen molar-refractivity contribution < 1.29 is 9.53 Å². The van der Waals surface area contributed by atoms with Crippen molar-refractivity contribution in [3.63, 3.8) is 0 Å². The van der Waals surface area contributed by atoms with Crippen LogP contribution in [0.2, 0.25) is 10.0 Å². The number of rotatable bonds is 5. The van der Waals surface area contributed by atoms with E-state index in [0.717, 1.165) is 18.7 Å². The van der Waals surface area contributed by atoms with Crippen LogP contribution in [0.5, 0.6) is 5.75 Å². The van der Waals surface area contributed by atoms with Gasteiger partial charge in [0.15, 0.2) is 6.61 Å². The van der Waals surface area contributed by atoms with Gasteiger partial charge in [0.25, 0.3) is 5.91 Å². The average molecular weight is 427 g/mol. The molecule has 0 spiro atoms. The van der Waals surface area contributed by atoms with Crippen LogP contribution in [-0.2, 0) is 11.8 Å². The Morgan fingerprint density at radius 2 is 2.11 bits per heavy atom. The number of carbonyl (C=O) groups excluding carboxylic acids is 1. The molecule has 1 aromatic carbocycles. The number of aromatic nitrogens is 3. The lowest BCUT2D eigenvalue weighted by Crippen LogP contribution is -2.42. The van der Waals surface area contributed by atoms with E-state index in [1.54, 1.807) is 34.7 Å². The van der Waals surface area contributed by atoms with Crippen LogP contribution in [0, 0.1) is 0 Å². The number of hydrogen-bond acceptors (Lipinski definition) is 4. The zero-order valence-corrected chi connectivity index (χ0v) is 17.7. The molecule has 0 bridgehead atoms. The largest absolute Gasteiger partial charge is 0.482 e. The highest BCUT2D eigenvalue weighted by Gasteiger charge is 2.30. The van der Waals surface area contributed by atoms with E-state index >= 15 is 0 Å². The number of hydrogen-bond donors (Lipinski definition) is 0. The maximum Gasteiger partial charge on any atom is 0.345 e. The molecule has 1 aromatic heterocycles. The minimum Gasteiger partial charge on any atom is -0.482 e. The lowest BCUT2D eigenvalue weighted by molar-refractivity contribution is -0.134. The molecule has 3 rings (SSSR count). The molecular weight excluding hydrogens is 403 g/mol. The van der Waals surface area contributed by atoms with Gasteiger partial charge in [0.1, 0.15) is 11.6 Å². The molecule has 1 saturated heterocycles. The molecule has 0 N–H and O–H groups in total. The first-order valence-electron chi connectivity index (χ1n) is 9.29. The fourth-order valence-electron chi connectivity index (χ4n) is 3.50. The SMILES string of the molecule is CC(C)n1c(C2CCCN(C(=O)COc3ccc(Cl)cc3Cl)C2)nn(C)c1=O. The van der Waals surface area contributed by atoms with Crippen LogP contribution in [0.1, 0.15) is 44.5 Å². The van der Waals surface area contributed by atoms with Gasteiger partial charge in [0.05, 0.1) is 5.02 Å². The highest BCUT2D eigenvalue weighted by Crippen LogP contribution is 2.29. The highest BCUT2D eigenvalue weighted by molar-refractivity contribution is 6.35. The van der Waals surface area contributed by atoms with E-state index in [-0.39, 0.29) is 30.2 Å². The van der Waals surface area contributed by atoms with Crippen LogP contribution in [0.3, 0.4) is 0 Å². The molecule has 1 aliphatic rings. The zero-order chi connectivity index (χ0) is 20.4. The van der Waals surface area contributed by atoms with Crippen molar-refractivity contribution >= 4 is 29.1 Å². The molecule has 152 valence electrons. The highest BCUT2D eigenvalue weighted by atomic mass is 35.5. The quantitative estimate of drug-likeness (QED) is 0.735. The molecule has 1 aliphatic heterocycles. The second-order valence-corrected chi connectivity index (χ2v) is 8.11. The summed E-state index contributed by atoms with van der Waals surface area (Å²) in [5.74, 6) is 1.06. The maximum atomic E-state index is 12.7. The number of amides is 1. The summed E-state index contributed by atoms with van der Waals surface area (Å²) < 4.78 is 8.65. The van der Waals surface area contributed by atoms with E-state index < -0.39 is 0 Å². The Labute approximate surface area is 173 Å². The lowest BCUT2D eigenvalue weighted by Gasteiger charge is -2.32. The first kappa shape index (κ1) is 20.7. The van der Waals surface area contributed by atoms with Crippen LogP contribution in [0.25, 0.3) is 0 Å². The summed E-state index contributed by atoms with van der Waals surface area (Å²) in [4.78, 5) is 26.8. The fraction of sp³-hybridized carbons (Fsp3) is 0.526. The van der Waals surface area contributed by atoms with Gasteiger partial charge in [-0.05, 0) is 44.9 Å². The number of ether oxygens (including phenoxy) is 1. The number of aryl methyl sites for hydroxylation is 1. The molecule has 0 saturated carbocycles. The van der Waals surface area contributed by atoms with Crippen LogP contribution in [-0.4, -0.2) is 44.9 Å². The van der Waals surface area contributed by atoms with E-state index in [0.29, 0.717) is 28.9 Å². The minimum atomic E-state index is -0.130. The number of piperidine rings is 1. The Morgan fingerprint density at radius 3 is 2.79 bits per heavy atom. The normalized spacial score (nSPS) is 17.2. The van der Waals surface area contributed by atoms with Crippen LogP contribution in [0.15, 0.2) is 23.0 Å². The van der Waals surface area contributed by atoms with Gasteiger partial charge in [-0.15, -0.1) is 0 Å². The second-order valence-electron chi connectivity index (χ2n) is 7.27. The summed E-state index contributed by atoms with van der Waals surface area (Å²) >= 11 is 12.0. The summed E-state index contributed by atoms with van der Waals surface area (Å²) in [5, 5.41) is 5.31. The molecule has 1 amide bonds. The first-order chi connectivity index (χ1) is 13.3. The monoisotopic (exact) mass is 426 g/mol. The van der Waals surface area contributed by atoms with Crippen molar-refractivity contribution in [2.24, 2.45) is 7.05 Å². The average Bonchev–Trinajstić information content (AvgIpc) is 2.96. The predicted octanol–water partition coefficient (Wildman–Crippen LogP) is 3.25. The van der Waals surface area contributed by atoms with Crippen LogP contribution in [0.4, 0.5) is 0 Å². The molecule has 2 heterocycles. The molecule has 28 heavy (non-hydrogen) atoms. The summed E-state index contributed by atoms with van der Waals surface area (Å²) in [6, 6.07) is 4.90. The smallest absolute Gasteiger partial charge is 0.345 e. The van der Waals surface area contributed by atoms with Crippen LogP contribution >= 0.6 is 23.2 Å². The Hall–Kier alpha value is -1.99. The minimum absolute atomic E-state index is 0.0117. The van der Waals surface area contributed by atoms with Gasteiger partial charge in [0, 0.05) is 37.1 Å². The van der Waals surface area contributed by atoms with Crippen molar-refractivity contribution in [1.29, 1.82) is 0 Å². The third kappa shape index (κ3) is 4.36. The Balaban J connectivity index is 1.69. The molecule has 0 radical (unpaired) electrons. The first-order valence-corrected chi connectivity index (χ1v) is 10.0. The fourth-order valence-corrected chi connectivity index (χ4v) is 3.96. The standard InChI is InChI=1S/C19H24Cl2N4O3/c1-12(2)25-18(22-23(3)19(25)27)13-5-4-8-24(10-13)17(26)11-28-16-7-6-14(20)9-15(16)21/h6-7,9,12-13H,4-5,8,10-11H2,1-3H3. The molecule has 2 aromatic rings. The maximum absolute atomic E-state index is 12.7. The molecule has 9 heteroatoms. The van der Waals surface area contributed by atoms with Gasteiger partial charge >= 0.3 is 5.69 Å². The second kappa shape index (κ2) is 8.57. The van der Waals surface area contributed by atoms with Gasteiger partial charge in [-0.1, -0.05) is 23.2 Å². The van der Waals surface area contributed by atoms with Crippen LogP contribution < -0.4 is 10.4 Å². The van der Waals surface area contributed by atoms with Crippen molar-refractivity contribution in [2.75, 3.05) is 19.7 Å². The summed E-state index contributed by atoms with van der Waals surface area (Å²) in [6.07, 6.45) is 1.73. The molecule has 1 atom stereocenters. The lowest BCUT2D eigenvalue weighted by atomic mass is 9.97. The summed E-state index contributed by atoms with van der Waals surface area (Å²) in [7, 11) is 1.65. The van der Waals surface area contributed by atoms with E-state index in [4.69, 9.17) is 27.9 Å². The van der Waals surface area contributed by atoms with Crippen molar-refractivity contribution in [2.45, 2.75) is 38.6 Å². The van der Waals surface area contributed by atoms with E-state index in [1.807, 2.05) is 13.8 Å². The number of carbonyl (C=O) groups is 1. The number of halogens is 2. The Morgan fingerprint density at radius 1 is 1.36 bits per heavy atom. The topological polar surface area (TPSA) is 69.4 Å². The third-order valence-corrected chi connectivity index (χ3v) is 5.41. The van der Waals surface area contributed by atoms with Gasteiger partial charge < -0.3 is 9.64 Å². The van der Waals surface area contributed by atoms with Crippen molar-refractivity contribution in [3.8, 4) is 5.75 Å². The molecular formula is C19H24Cl2N4O3. The molecule has 7 nitrogen and oxygen atoms in total. The summed E-state index contributed by atoms with van der Waals surface area (Å²) in [5.41, 5.74) is -0.130. The van der Waals surface area contributed by atoms with Gasteiger partial charge in [0.2, 0.25) is 0 Å². The number of nitrogens with zero attached hydrogens (tertiary/aromatic N) is 4. The summed E-state index contributed by atoms with van der Waals surface area (Å²) in [6.45, 7) is 4.99. The third-order valence-electron chi connectivity index (χ3n) is 4.88. The molecule has 1 fully saturated rings. The van der Waals surface area contributed by atoms with Gasteiger partial charge in [-0.3, -0.25) is 9.36 Å². The predicted molar refractivity (Wildman–Crippen MR) is 108 cm³/mol. The Bertz CT molecular complexity index is 922.